The smallest absolute Gasteiger partial charge is 0.329 e. The second kappa shape index (κ2) is 9.34. The van der Waals surface area contributed by atoms with Crippen LogP contribution in [-0.4, -0.2) is 48.1 Å². The van der Waals surface area contributed by atoms with Gasteiger partial charge in [0.05, 0.1) is 5.69 Å². The molecule has 0 spiro atoms. The fourth-order valence-corrected chi connectivity index (χ4v) is 3.95. The van der Waals surface area contributed by atoms with Crippen molar-refractivity contribution in [1.29, 1.82) is 0 Å². The third kappa shape index (κ3) is 4.32. The Hall–Kier alpha value is -2.13. The van der Waals surface area contributed by atoms with Crippen LogP contribution in [0.15, 0.2) is 46.9 Å². The Morgan fingerprint density at radius 3 is 2.53 bits per heavy atom. The second-order valence-electron chi connectivity index (χ2n) is 6.89. The number of carbonyl (C=O) groups excluding carboxylic acids is 2. The van der Waals surface area contributed by atoms with E-state index in [1.165, 1.54) is 0 Å². The second-order valence-corrected chi connectivity index (χ2v) is 8.24. The number of urea groups is 1. The molecule has 0 aliphatic carbocycles. The highest BCUT2D eigenvalue weighted by Gasteiger charge is 2.52. The van der Waals surface area contributed by atoms with Gasteiger partial charge in [-0.3, -0.25) is 9.69 Å². The van der Waals surface area contributed by atoms with Gasteiger partial charge >= 0.3 is 6.03 Å². The van der Waals surface area contributed by atoms with Gasteiger partial charge in [0.2, 0.25) is 0 Å². The first kappa shape index (κ1) is 22.6. The van der Waals surface area contributed by atoms with Gasteiger partial charge in [0.25, 0.3) is 11.6 Å². The van der Waals surface area contributed by atoms with E-state index in [0.29, 0.717) is 34.0 Å². The molecule has 0 unspecified atom stereocenters. The van der Waals surface area contributed by atoms with Crippen molar-refractivity contribution in [3.05, 3.63) is 57.5 Å². The standard InChI is InChI=1S/C21H24BrClN4O3/c1-3-26(4-2)12-11-24-19(28)21(30)17-13-14(22)5-10-18(17)25-20(29)27(21)16-8-6-15(23)7-9-16/h5-10,13,30H,3-4,11-12H2,1-2H3,(H,24,28)(H,25,29)/t21-/m1/s1. The molecular formula is C21H24BrClN4O3. The van der Waals surface area contributed by atoms with Crippen molar-refractivity contribution in [2.45, 2.75) is 19.6 Å². The van der Waals surface area contributed by atoms with Crippen LogP contribution in [0, 0.1) is 0 Å². The molecule has 3 N–H and O–H groups in total. The molecule has 1 aliphatic heterocycles. The monoisotopic (exact) mass is 494 g/mol. The van der Waals surface area contributed by atoms with Crippen LogP contribution in [0.5, 0.6) is 0 Å². The Morgan fingerprint density at radius 2 is 1.90 bits per heavy atom. The highest BCUT2D eigenvalue weighted by atomic mass is 79.9. The minimum Gasteiger partial charge on any atom is -0.359 e. The number of anilines is 2. The van der Waals surface area contributed by atoms with Crippen molar-refractivity contribution in [2.75, 3.05) is 36.4 Å². The van der Waals surface area contributed by atoms with E-state index in [4.69, 9.17) is 11.6 Å². The highest BCUT2D eigenvalue weighted by Crippen LogP contribution is 2.41. The Balaban J connectivity index is 2.02. The normalized spacial score (nSPS) is 18.2. The minimum atomic E-state index is -2.24. The fourth-order valence-electron chi connectivity index (χ4n) is 3.46. The maximum Gasteiger partial charge on any atom is 0.329 e. The minimum absolute atomic E-state index is 0.270. The van der Waals surface area contributed by atoms with Crippen LogP contribution in [0.1, 0.15) is 19.4 Å². The van der Waals surface area contributed by atoms with Crippen molar-refractivity contribution in [3.63, 3.8) is 0 Å². The first-order valence-electron chi connectivity index (χ1n) is 9.71. The zero-order valence-electron chi connectivity index (χ0n) is 16.8. The predicted molar refractivity (Wildman–Crippen MR) is 122 cm³/mol. The molecule has 1 heterocycles. The van der Waals surface area contributed by atoms with Crippen molar-refractivity contribution in [3.8, 4) is 0 Å². The van der Waals surface area contributed by atoms with E-state index in [0.717, 1.165) is 18.0 Å². The van der Waals surface area contributed by atoms with E-state index in [1.807, 2.05) is 13.8 Å². The van der Waals surface area contributed by atoms with Gasteiger partial charge in [-0.25, -0.2) is 4.79 Å². The molecule has 1 aliphatic rings. The fraction of sp³-hybridized carbons (Fsp3) is 0.333. The van der Waals surface area contributed by atoms with Gasteiger partial charge < -0.3 is 20.6 Å². The average Bonchev–Trinajstić information content (AvgIpc) is 2.73. The molecule has 0 fully saturated rings. The molecule has 0 bridgehead atoms. The number of aliphatic hydroxyl groups is 1. The van der Waals surface area contributed by atoms with Gasteiger partial charge in [-0.15, -0.1) is 0 Å². The van der Waals surface area contributed by atoms with E-state index in [1.54, 1.807) is 42.5 Å². The lowest BCUT2D eigenvalue weighted by atomic mass is 9.95. The maximum atomic E-state index is 13.3. The number of hydrogen-bond acceptors (Lipinski definition) is 4. The summed E-state index contributed by atoms with van der Waals surface area (Å²) in [5.41, 5.74) is -1.26. The van der Waals surface area contributed by atoms with E-state index >= 15 is 0 Å². The average molecular weight is 496 g/mol. The number of halogens is 2. The lowest BCUT2D eigenvalue weighted by molar-refractivity contribution is -0.140. The van der Waals surface area contributed by atoms with E-state index in [9.17, 15) is 14.7 Å². The van der Waals surface area contributed by atoms with Gasteiger partial charge in [0, 0.05) is 33.8 Å². The van der Waals surface area contributed by atoms with E-state index in [2.05, 4.69) is 31.5 Å². The first-order chi connectivity index (χ1) is 14.3. The van der Waals surface area contributed by atoms with Crippen molar-refractivity contribution in [1.82, 2.24) is 10.2 Å². The summed E-state index contributed by atoms with van der Waals surface area (Å²) in [5, 5.41) is 17.7. The number of nitrogens with one attached hydrogen (secondary N) is 2. The Bertz CT molecular complexity index is 936. The Labute approximate surface area is 189 Å². The van der Waals surface area contributed by atoms with Gasteiger partial charge in [-0.1, -0.05) is 41.4 Å². The molecule has 2 aromatic carbocycles. The Morgan fingerprint density at radius 1 is 1.23 bits per heavy atom. The SMILES string of the molecule is CCN(CC)CCNC(=O)[C@]1(O)c2cc(Br)ccc2NC(=O)N1c1ccc(Cl)cc1. The van der Waals surface area contributed by atoms with E-state index < -0.39 is 17.7 Å². The van der Waals surface area contributed by atoms with Gasteiger partial charge in [-0.2, -0.15) is 0 Å². The summed E-state index contributed by atoms with van der Waals surface area (Å²) in [5.74, 6) is -0.682. The molecule has 9 heteroatoms. The van der Waals surface area contributed by atoms with Crippen LogP contribution in [0.3, 0.4) is 0 Å². The van der Waals surface area contributed by atoms with E-state index in [-0.39, 0.29) is 5.56 Å². The lowest BCUT2D eigenvalue weighted by Gasteiger charge is -2.42. The summed E-state index contributed by atoms with van der Waals surface area (Å²) in [4.78, 5) is 29.4. The van der Waals surface area contributed by atoms with Crippen molar-refractivity contribution >= 4 is 50.8 Å². The molecule has 0 saturated carbocycles. The van der Waals surface area contributed by atoms with Gasteiger partial charge in [-0.05, 0) is 55.6 Å². The summed E-state index contributed by atoms with van der Waals surface area (Å²) in [6, 6.07) is 10.7. The van der Waals surface area contributed by atoms with Gasteiger partial charge in [0.15, 0.2) is 0 Å². The number of rotatable bonds is 7. The summed E-state index contributed by atoms with van der Waals surface area (Å²) in [6.45, 7) is 6.76. The lowest BCUT2D eigenvalue weighted by Crippen LogP contribution is -2.63. The van der Waals surface area contributed by atoms with Crippen molar-refractivity contribution < 1.29 is 14.7 Å². The van der Waals surface area contributed by atoms with Crippen LogP contribution in [0.4, 0.5) is 16.2 Å². The molecular weight excluding hydrogens is 472 g/mol. The number of benzene rings is 2. The summed E-state index contributed by atoms with van der Waals surface area (Å²) in [7, 11) is 0. The topological polar surface area (TPSA) is 84.9 Å². The molecule has 30 heavy (non-hydrogen) atoms. The summed E-state index contributed by atoms with van der Waals surface area (Å²) in [6.07, 6.45) is 0. The van der Waals surface area contributed by atoms with Crippen LogP contribution in [0.2, 0.25) is 5.02 Å². The molecule has 2 aromatic rings. The molecule has 3 amide bonds. The molecule has 7 nitrogen and oxygen atoms in total. The molecule has 0 saturated heterocycles. The summed E-state index contributed by atoms with van der Waals surface area (Å²) < 4.78 is 0.669. The number of fused-ring (bicyclic) bond motifs is 1. The number of nitrogens with zero attached hydrogens (tertiary/aromatic N) is 2. The largest absolute Gasteiger partial charge is 0.359 e. The highest BCUT2D eigenvalue weighted by molar-refractivity contribution is 9.10. The molecule has 0 radical (unpaired) electrons. The van der Waals surface area contributed by atoms with Crippen LogP contribution in [0.25, 0.3) is 0 Å². The molecule has 0 aromatic heterocycles. The zero-order chi connectivity index (χ0) is 21.9. The van der Waals surface area contributed by atoms with Crippen LogP contribution < -0.4 is 15.5 Å². The van der Waals surface area contributed by atoms with Crippen LogP contribution >= 0.6 is 27.5 Å². The third-order valence-corrected chi connectivity index (χ3v) is 5.88. The van der Waals surface area contributed by atoms with Gasteiger partial charge in [0.1, 0.15) is 0 Å². The third-order valence-electron chi connectivity index (χ3n) is 5.13. The Kier molecular flexibility index (Phi) is 7.02. The summed E-state index contributed by atoms with van der Waals surface area (Å²) >= 11 is 9.36. The van der Waals surface area contributed by atoms with Crippen molar-refractivity contribution in [2.24, 2.45) is 0 Å². The molecule has 3 rings (SSSR count). The molecule has 160 valence electrons. The number of hydrogen-bond donors (Lipinski definition) is 3. The quantitative estimate of drug-likeness (QED) is 0.546. The maximum absolute atomic E-state index is 13.3. The van der Waals surface area contributed by atoms with Crippen LogP contribution in [-0.2, 0) is 10.5 Å². The predicted octanol–water partition coefficient (Wildman–Crippen LogP) is 3.76. The molecule has 1 atom stereocenters. The first-order valence-corrected chi connectivity index (χ1v) is 10.9. The number of likely N-dealkylation sites (N-methyl/N-ethyl adjacent to an activating group) is 1. The zero-order valence-corrected chi connectivity index (χ0v) is 19.1. The number of amides is 3. The number of carbonyl (C=O) groups is 2.